The zero-order chi connectivity index (χ0) is 23.9. The van der Waals surface area contributed by atoms with E-state index in [0.29, 0.717) is 39.1 Å². The van der Waals surface area contributed by atoms with E-state index in [0.717, 1.165) is 25.6 Å². The van der Waals surface area contributed by atoms with Crippen molar-refractivity contribution in [2.45, 2.75) is 31.9 Å². The Morgan fingerprint density at radius 1 is 1.22 bits per heavy atom. The summed E-state index contributed by atoms with van der Waals surface area (Å²) in [5.74, 6) is -3.51. The number of carboxylic acid groups (broad SMARTS) is 1. The zero-order valence-electron chi connectivity index (χ0n) is 17.5. The molecular formula is C20H25F4N3O5. The number of pyridine rings is 1. The SMILES string of the molecule is COCCN1CCCC2(CCN(C(=O)c3ccncc3F)CC2)C1=O.O=C(O)C(F)(F)F. The molecule has 178 valence electrons. The minimum absolute atomic E-state index is 0.0441. The lowest BCUT2D eigenvalue weighted by atomic mass is 9.71. The molecule has 2 aliphatic rings. The Morgan fingerprint density at radius 2 is 1.84 bits per heavy atom. The molecule has 2 aliphatic heterocycles. The van der Waals surface area contributed by atoms with Crippen molar-refractivity contribution in [1.29, 1.82) is 0 Å². The van der Waals surface area contributed by atoms with Crippen LogP contribution in [0.4, 0.5) is 17.6 Å². The summed E-state index contributed by atoms with van der Waals surface area (Å²) < 4.78 is 50.6. The van der Waals surface area contributed by atoms with Crippen LogP contribution in [0.2, 0.25) is 0 Å². The van der Waals surface area contributed by atoms with Crippen LogP contribution in [0.1, 0.15) is 36.0 Å². The highest BCUT2D eigenvalue weighted by atomic mass is 19.4. The maximum Gasteiger partial charge on any atom is 0.490 e. The van der Waals surface area contributed by atoms with Crippen molar-refractivity contribution in [2.75, 3.05) is 39.9 Å². The second-order valence-electron chi connectivity index (χ2n) is 7.62. The summed E-state index contributed by atoms with van der Waals surface area (Å²) in [4.78, 5) is 41.5. The van der Waals surface area contributed by atoms with Gasteiger partial charge in [-0.05, 0) is 31.7 Å². The van der Waals surface area contributed by atoms with Gasteiger partial charge < -0.3 is 19.6 Å². The number of halogens is 4. The molecule has 0 radical (unpaired) electrons. The first kappa shape index (κ1) is 25.5. The molecule has 32 heavy (non-hydrogen) atoms. The summed E-state index contributed by atoms with van der Waals surface area (Å²) in [5, 5.41) is 7.12. The Bertz CT molecular complexity index is 826. The van der Waals surface area contributed by atoms with E-state index in [1.807, 2.05) is 4.90 Å². The number of carbonyl (C=O) groups is 3. The molecule has 0 atom stereocenters. The minimum atomic E-state index is -5.08. The van der Waals surface area contributed by atoms with Crippen molar-refractivity contribution < 1.29 is 41.8 Å². The molecule has 2 fully saturated rings. The van der Waals surface area contributed by atoms with E-state index in [1.54, 1.807) is 12.0 Å². The lowest BCUT2D eigenvalue weighted by Crippen LogP contribution is -2.54. The molecule has 0 aliphatic carbocycles. The van der Waals surface area contributed by atoms with Crippen molar-refractivity contribution >= 4 is 17.8 Å². The Morgan fingerprint density at radius 3 is 2.38 bits per heavy atom. The number of aromatic nitrogens is 1. The average molecular weight is 463 g/mol. The molecule has 0 unspecified atom stereocenters. The molecule has 1 aromatic rings. The third kappa shape index (κ3) is 6.15. The standard InChI is InChI=1S/C18H24FN3O3.C2HF3O2/c1-25-12-11-22-8-2-4-18(17(22)24)5-9-21(10-6-18)16(23)14-3-7-20-13-15(14)19;3-2(4,5)1(6)7/h3,7,13H,2,4-6,8-12H2,1H3;(H,6,7). The van der Waals surface area contributed by atoms with Gasteiger partial charge in [0, 0.05) is 39.5 Å². The van der Waals surface area contributed by atoms with Crippen LogP contribution in [0, 0.1) is 11.2 Å². The van der Waals surface area contributed by atoms with Crippen LogP contribution in [-0.4, -0.2) is 83.7 Å². The van der Waals surface area contributed by atoms with E-state index in [4.69, 9.17) is 14.6 Å². The first-order valence-corrected chi connectivity index (χ1v) is 9.99. The maximum absolute atomic E-state index is 13.8. The lowest BCUT2D eigenvalue weighted by Gasteiger charge is -2.46. The van der Waals surface area contributed by atoms with Gasteiger partial charge in [0.05, 0.1) is 23.8 Å². The molecule has 0 saturated carbocycles. The van der Waals surface area contributed by atoms with Crippen molar-refractivity contribution in [3.63, 3.8) is 0 Å². The second-order valence-corrected chi connectivity index (χ2v) is 7.62. The minimum Gasteiger partial charge on any atom is -0.475 e. The number of hydrogen-bond donors (Lipinski definition) is 1. The zero-order valence-corrected chi connectivity index (χ0v) is 17.5. The van der Waals surface area contributed by atoms with Crippen LogP contribution in [0.5, 0.6) is 0 Å². The van der Waals surface area contributed by atoms with Crippen LogP contribution >= 0.6 is 0 Å². The average Bonchev–Trinajstić information content (AvgIpc) is 2.75. The Hall–Kier alpha value is -2.76. The smallest absolute Gasteiger partial charge is 0.475 e. The Kier molecular flexibility index (Phi) is 8.53. The van der Waals surface area contributed by atoms with Gasteiger partial charge in [-0.25, -0.2) is 9.18 Å². The molecule has 1 spiro atoms. The van der Waals surface area contributed by atoms with Gasteiger partial charge in [-0.3, -0.25) is 14.6 Å². The molecule has 3 rings (SSSR count). The van der Waals surface area contributed by atoms with Gasteiger partial charge in [0.1, 0.15) is 0 Å². The normalized spacial score (nSPS) is 18.2. The molecule has 0 bridgehead atoms. The summed E-state index contributed by atoms with van der Waals surface area (Å²) in [6.45, 7) is 2.87. The van der Waals surface area contributed by atoms with E-state index in [2.05, 4.69) is 4.98 Å². The number of ether oxygens (including phenoxy) is 1. The first-order chi connectivity index (χ1) is 15.0. The van der Waals surface area contributed by atoms with Gasteiger partial charge in [0.15, 0.2) is 5.82 Å². The van der Waals surface area contributed by atoms with E-state index in [1.165, 1.54) is 12.3 Å². The summed E-state index contributed by atoms with van der Waals surface area (Å²) in [6.07, 6.45) is 0.488. The summed E-state index contributed by atoms with van der Waals surface area (Å²) in [7, 11) is 1.63. The summed E-state index contributed by atoms with van der Waals surface area (Å²) >= 11 is 0. The molecule has 1 N–H and O–H groups in total. The van der Waals surface area contributed by atoms with Crippen molar-refractivity contribution in [1.82, 2.24) is 14.8 Å². The van der Waals surface area contributed by atoms with E-state index >= 15 is 0 Å². The highest BCUT2D eigenvalue weighted by Crippen LogP contribution is 2.41. The maximum atomic E-state index is 13.8. The van der Waals surface area contributed by atoms with Gasteiger partial charge in [0.2, 0.25) is 5.91 Å². The number of methoxy groups -OCH3 is 1. The fourth-order valence-corrected chi connectivity index (χ4v) is 3.89. The third-order valence-corrected chi connectivity index (χ3v) is 5.64. The number of piperidine rings is 2. The molecule has 8 nitrogen and oxygen atoms in total. The molecular weight excluding hydrogens is 438 g/mol. The fourth-order valence-electron chi connectivity index (χ4n) is 3.89. The molecule has 12 heteroatoms. The number of carbonyl (C=O) groups excluding carboxylic acids is 2. The number of alkyl halides is 3. The highest BCUT2D eigenvalue weighted by molar-refractivity contribution is 5.94. The van der Waals surface area contributed by atoms with E-state index < -0.39 is 18.0 Å². The number of likely N-dealkylation sites (tertiary alicyclic amines) is 2. The van der Waals surface area contributed by atoms with Gasteiger partial charge in [-0.2, -0.15) is 13.2 Å². The van der Waals surface area contributed by atoms with Crippen molar-refractivity contribution in [3.8, 4) is 0 Å². The highest BCUT2D eigenvalue weighted by Gasteiger charge is 2.46. The predicted molar refractivity (Wildman–Crippen MR) is 103 cm³/mol. The van der Waals surface area contributed by atoms with Crippen LogP contribution in [-0.2, 0) is 14.3 Å². The van der Waals surface area contributed by atoms with Gasteiger partial charge in [0.25, 0.3) is 5.91 Å². The molecule has 2 amide bonds. The second kappa shape index (κ2) is 10.7. The van der Waals surface area contributed by atoms with E-state index in [-0.39, 0.29) is 22.8 Å². The number of amides is 2. The number of rotatable bonds is 4. The third-order valence-electron chi connectivity index (χ3n) is 5.64. The number of nitrogens with zero attached hydrogens (tertiary/aromatic N) is 3. The molecule has 0 aromatic carbocycles. The molecule has 3 heterocycles. The van der Waals surface area contributed by atoms with E-state index in [9.17, 15) is 27.2 Å². The van der Waals surface area contributed by atoms with Gasteiger partial charge in [-0.15, -0.1) is 0 Å². The van der Waals surface area contributed by atoms with Gasteiger partial charge in [-0.1, -0.05) is 0 Å². The monoisotopic (exact) mass is 463 g/mol. The number of carboxylic acids is 1. The first-order valence-electron chi connectivity index (χ1n) is 9.99. The largest absolute Gasteiger partial charge is 0.490 e. The quantitative estimate of drug-likeness (QED) is 0.689. The van der Waals surface area contributed by atoms with Gasteiger partial charge >= 0.3 is 12.1 Å². The number of aliphatic carboxylic acids is 1. The topological polar surface area (TPSA) is 100 Å². The summed E-state index contributed by atoms with van der Waals surface area (Å²) in [6, 6.07) is 1.40. The molecule has 1 aromatic heterocycles. The van der Waals surface area contributed by atoms with Crippen molar-refractivity contribution in [2.24, 2.45) is 5.41 Å². The van der Waals surface area contributed by atoms with Crippen LogP contribution in [0.3, 0.4) is 0 Å². The van der Waals surface area contributed by atoms with Crippen LogP contribution in [0.15, 0.2) is 18.5 Å². The fraction of sp³-hybridized carbons (Fsp3) is 0.600. The summed E-state index contributed by atoms with van der Waals surface area (Å²) in [5.41, 5.74) is -0.331. The molecule has 2 saturated heterocycles. The van der Waals surface area contributed by atoms with Crippen LogP contribution < -0.4 is 0 Å². The number of hydrogen-bond acceptors (Lipinski definition) is 5. The Labute approximate surface area is 182 Å². The predicted octanol–water partition coefficient (Wildman–Crippen LogP) is 2.35. The Balaban J connectivity index is 0.000000451. The van der Waals surface area contributed by atoms with Crippen molar-refractivity contribution in [3.05, 3.63) is 29.8 Å². The van der Waals surface area contributed by atoms with Crippen LogP contribution in [0.25, 0.3) is 0 Å². The lowest BCUT2D eigenvalue weighted by molar-refractivity contribution is -0.192.